The second-order valence-electron chi connectivity index (χ2n) is 4.12. The molecule has 0 saturated carbocycles. The van der Waals surface area contributed by atoms with Gasteiger partial charge in [0.2, 0.25) is 0 Å². The molecule has 0 fully saturated rings. The molecule has 0 spiro atoms. The van der Waals surface area contributed by atoms with Gasteiger partial charge in [-0.05, 0) is 6.42 Å². The van der Waals surface area contributed by atoms with Crippen LogP contribution < -0.4 is 5.73 Å². The molecule has 0 unspecified atom stereocenters. The second-order valence-corrected chi connectivity index (χ2v) is 4.12. The van der Waals surface area contributed by atoms with E-state index in [1.165, 1.54) is 0 Å². The van der Waals surface area contributed by atoms with Gasteiger partial charge in [0.05, 0.1) is 11.4 Å². The van der Waals surface area contributed by atoms with Crippen molar-refractivity contribution in [2.24, 2.45) is 7.05 Å². The lowest BCUT2D eigenvalue weighted by atomic mass is 10.2. The van der Waals surface area contributed by atoms with Crippen molar-refractivity contribution in [1.29, 1.82) is 0 Å². The molecule has 0 atom stereocenters. The van der Waals surface area contributed by atoms with Crippen molar-refractivity contribution < 1.29 is 0 Å². The molecule has 0 aliphatic rings. The first kappa shape index (κ1) is 11.7. The van der Waals surface area contributed by atoms with Crippen LogP contribution in [0.3, 0.4) is 0 Å². The highest BCUT2D eigenvalue weighted by molar-refractivity contribution is 5.58. The Kier molecular flexibility index (Phi) is 3.17. The third kappa shape index (κ3) is 1.92. The summed E-state index contributed by atoms with van der Waals surface area (Å²) in [4.78, 5) is 4.31. The van der Waals surface area contributed by atoms with Gasteiger partial charge in [0.15, 0.2) is 5.82 Å². The minimum absolute atomic E-state index is 0.766. The molecule has 2 aromatic rings. The second kappa shape index (κ2) is 4.61. The van der Waals surface area contributed by atoms with Crippen LogP contribution in [0.5, 0.6) is 0 Å². The Hall–Kier alpha value is -1.78. The Bertz CT molecular complexity index is 509. The van der Waals surface area contributed by atoms with E-state index in [0.717, 1.165) is 42.3 Å². The zero-order valence-electron chi connectivity index (χ0n) is 10.6. The van der Waals surface area contributed by atoms with E-state index in [-0.39, 0.29) is 0 Å². The zero-order valence-corrected chi connectivity index (χ0v) is 10.6. The third-order valence-electron chi connectivity index (χ3n) is 2.88. The van der Waals surface area contributed by atoms with Crippen molar-refractivity contribution in [1.82, 2.24) is 19.3 Å². The molecule has 5 nitrogen and oxygen atoms in total. The SMILES string of the molecule is CCCc1nn(C)c(-n2ccnc2CC)c1N. The Balaban J connectivity index is 2.52. The fourth-order valence-electron chi connectivity index (χ4n) is 2.08. The fraction of sp³-hybridized carbons (Fsp3) is 0.500. The van der Waals surface area contributed by atoms with E-state index in [0.29, 0.717) is 0 Å². The van der Waals surface area contributed by atoms with Gasteiger partial charge in [-0.15, -0.1) is 0 Å². The predicted molar refractivity (Wildman–Crippen MR) is 68.1 cm³/mol. The largest absolute Gasteiger partial charge is 0.394 e. The van der Waals surface area contributed by atoms with Crippen molar-refractivity contribution in [3.8, 4) is 5.82 Å². The average Bonchev–Trinajstić information content (AvgIpc) is 2.85. The zero-order chi connectivity index (χ0) is 12.4. The summed E-state index contributed by atoms with van der Waals surface area (Å²) < 4.78 is 3.85. The fourth-order valence-corrected chi connectivity index (χ4v) is 2.08. The summed E-state index contributed by atoms with van der Waals surface area (Å²) in [6, 6.07) is 0. The Morgan fingerprint density at radius 2 is 2.12 bits per heavy atom. The van der Waals surface area contributed by atoms with Gasteiger partial charge in [0.25, 0.3) is 0 Å². The molecule has 17 heavy (non-hydrogen) atoms. The molecule has 0 bridgehead atoms. The lowest BCUT2D eigenvalue weighted by Gasteiger charge is -2.07. The smallest absolute Gasteiger partial charge is 0.160 e. The number of nitrogens with two attached hydrogens (primary N) is 1. The number of aryl methyl sites for hydroxylation is 3. The molecule has 0 saturated heterocycles. The summed E-state index contributed by atoms with van der Waals surface area (Å²) in [6.07, 6.45) is 6.56. The van der Waals surface area contributed by atoms with Crippen LogP contribution in [-0.4, -0.2) is 19.3 Å². The van der Waals surface area contributed by atoms with Gasteiger partial charge in [-0.3, -0.25) is 4.57 Å². The van der Waals surface area contributed by atoms with Crippen LogP contribution in [0.4, 0.5) is 5.69 Å². The molecule has 0 radical (unpaired) electrons. The average molecular weight is 233 g/mol. The van der Waals surface area contributed by atoms with Crippen LogP contribution >= 0.6 is 0 Å². The maximum absolute atomic E-state index is 6.17. The Morgan fingerprint density at radius 3 is 2.76 bits per heavy atom. The van der Waals surface area contributed by atoms with Gasteiger partial charge < -0.3 is 5.73 Å². The van der Waals surface area contributed by atoms with Gasteiger partial charge in [0.1, 0.15) is 5.82 Å². The molecule has 2 heterocycles. The maximum Gasteiger partial charge on any atom is 0.160 e. The van der Waals surface area contributed by atoms with E-state index in [1.807, 2.05) is 22.5 Å². The first-order chi connectivity index (χ1) is 8.19. The van der Waals surface area contributed by atoms with Crippen molar-refractivity contribution in [2.45, 2.75) is 33.1 Å². The minimum atomic E-state index is 0.766. The van der Waals surface area contributed by atoms with Gasteiger partial charge in [-0.2, -0.15) is 5.10 Å². The molecule has 0 amide bonds. The lowest BCUT2D eigenvalue weighted by molar-refractivity contribution is 0.698. The van der Waals surface area contributed by atoms with Crippen molar-refractivity contribution in [3.05, 3.63) is 23.9 Å². The van der Waals surface area contributed by atoms with E-state index in [2.05, 4.69) is 23.9 Å². The summed E-state index contributed by atoms with van der Waals surface area (Å²) in [6.45, 7) is 4.21. The molecule has 0 aliphatic heterocycles. The number of aromatic nitrogens is 4. The summed E-state index contributed by atoms with van der Waals surface area (Å²) in [5, 5.41) is 4.47. The predicted octanol–water partition coefficient (Wildman–Crippen LogP) is 1.70. The molecule has 2 N–H and O–H groups in total. The molecule has 2 rings (SSSR count). The number of imidazole rings is 1. The van der Waals surface area contributed by atoms with Crippen LogP contribution in [0.2, 0.25) is 0 Å². The van der Waals surface area contributed by atoms with Gasteiger partial charge in [-0.25, -0.2) is 9.67 Å². The van der Waals surface area contributed by atoms with E-state index in [1.54, 1.807) is 6.20 Å². The maximum atomic E-state index is 6.17. The molecule has 2 aromatic heterocycles. The molecular weight excluding hydrogens is 214 g/mol. The van der Waals surface area contributed by atoms with Gasteiger partial charge in [0, 0.05) is 25.9 Å². The first-order valence-corrected chi connectivity index (χ1v) is 6.02. The van der Waals surface area contributed by atoms with Crippen LogP contribution in [0.1, 0.15) is 31.8 Å². The van der Waals surface area contributed by atoms with Crippen molar-refractivity contribution >= 4 is 5.69 Å². The molecule has 0 aromatic carbocycles. The highest BCUT2D eigenvalue weighted by Gasteiger charge is 2.16. The third-order valence-corrected chi connectivity index (χ3v) is 2.88. The van der Waals surface area contributed by atoms with E-state index >= 15 is 0 Å². The summed E-state index contributed by atoms with van der Waals surface area (Å²) in [7, 11) is 1.92. The van der Waals surface area contributed by atoms with Gasteiger partial charge >= 0.3 is 0 Å². The Morgan fingerprint density at radius 1 is 1.35 bits per heavy atom. The Labute approximate surface area is 101 Å². The number of rotatable bonds is 4. The quantitative estimate of drug-likeness (QED) is 0.874. The number of hydrogen-bond acceptors (Lipinski definition) is 3. The van der Waals surface area contributed by atoms with E-state index < -0.39 is 0 Å². The van der Waals surface area contributed by atoms with E-state index in [9.17, 15) is 0 Å². The number of anilines is 1. The molecule has 0 aliphatic carbocycles. The van der Waals surface area contributed by atoms with Crippen LogP contribution in [0, 0.1) is 0 Å². The first-order valence-electron chi connectivity index (χ1n) is 6.02. The molecular formula is C12H19N5. The molecule has 5 heteroatoms. The van der Waals surface area contributed by atoms with Crippen molar-refractivity contribution in [2.75, 3.05) is 5.73 Å². The van der Waals surface area contributed by atoms with Crippen LogP contribution in [0.25, 0.3) is 5.82 Å². The van der Waals surface area contributed by atoms with Crippen molar-refractivity contribution in [3.63, 3.8) is 0 Å². The van der Waals surface area contributed by atoms with Crippen LogP contribution in [-0.2, 0) is 19.9 Å². The summed E-state index contributed by atoms with van der Waals surface area (Å²) >= 11 is 0. The standard InChI is InChI=1S/C12H19N5/c1-4-6-9-11(13)12(16(3)15-9)17-8-7-14-10(17)5-2/h7-8H,4-6,13H2,1-3H3. The number of nitrogen functional groups attached to an aromatic ring is 1. The summed E-state index contributed by atoms with van der Waals surface area (Å²) in [5.41, 5.74) is 7.91. The number of nitrogens with zero attached hydrogens (tertiary/aromatic N) is 4. The number of hydrogen-bond donors (Lipinski definition) is 1. The topological polar surface area (TPSA) is 61.7 Å². The molecule has 92 valence electrons. The highest BCUT2D eigenvalue weighted by atomic mass is 15.3. The minimum Gasteiger partial charge on any atom is -0.394 e. The van der Waals surface area contributed by atoms with Crippen LogP contribution in [0.15, 0.2) is 12.4 Å². The lowest BCUT2D eigenvalue weighted by Crippen LogP contribution is -2.07. The normalized spacial score (nSPS) is 11.0. The summed E-state index contributed by atoms with van der Waals surface area (Å²) in [5.74, 6) is 1.92. The van der Waals surface area contributed by atoms with Gasteiger partial charge in [-0.1, -0.05) is 20.3 Å². The monoisotopic (exact) mass is 233 g/mol. The van der Waals surface area contributed by atoms with E-state index in [4.69, 9.17) is 5.73 Å². The highest BCUT2D eigenvalue weighted by Crippen LogP contribution is 2.23.